The van der Waals surface area contributed by atoms with Crippen LogP contribution in [0.1, 0.15) is 33.9 Å². The first-order valence-corrected chi connectivity index (χ1v) is 8.05. The van der Waals surface area contributed by atoms with E-state index in [2.05, 4.69) is 89.6 Å². The van der Waals surface area contributed by atoms with E-state index in [1.165, 1.54) is 25.8 Å². The maximum atomic E-state index is 6.50. The summed E-state index contributed by atoms with van der Waals surface area (Å²) in [5.74, 6) is 0. The number of hydrogen-bond donors (Lipinski definition) is 1. The molecule has 0 saturated carbocycles. The fraction of sp³-hybridized carbons (Fsp3) is 0.250. The molecule has 0 aromatic heterocycles. The molecule has 0 saturated heterocycles. The standard InChI is InChI=1S/C16H17BrIN/c1-9-6-10(2)15(11(3)7-9)16(19)13-8-12(18)4-5-14(13)17/h4-8,16H,19H2,1-3H3. The topological polar surface area (TPSA) is 26.0 Å². The molecular weight excluding hydrogens is 413 g/mol. The molecule has 0 amide bonds. The van der Waals surface area contributed by atoms with Gasteiger partial charge in [-0.1, -0.05) is 33.6 Å². The van der Waals surface area contributed by atoms with Gasteiger partial charge in [0.25, 0.3) is 0 Å². The summed E-state index contributed by atoms with van der Waals surface area (Å²) in [5, 5.41) is 0. The first kappa shape index (κ1) is 15.0. The first-order valence-electron chi connectivity index (χ1n) is 6.18. The molecule has 2 N–H and O–H groups in total. The van der Waals surface area contributed by atoms with Crippen molar-refractivity contribution in [3.8, 4) is 0 Å². The van der Waals surface area contributed by atoms with Crippen LogP contribution < -0.4 is 5.73 Å². The third-order valence-corrected chi connectivity index (χ3v) is 4.74. The zero-order chi connectivity index (χ0) is 14.2. The van der Waals surface area contributed by atoms with Crippen LogP contribution in [0.2, 0.25) is 0 Å². The maximum Gasteiger partial charge on any atom is 0.0568 e. The van der Waals surface area contributed by atoms with E-state index in [1.54, 1.807) is 0 Å². The van der Waals surface area contributed by atoms with E-state index in [9.17, 15) is 0 Å². The summed E-state index contributed by atoms with van der Waals surface area (Å²) in [6, 6.07) is 10.6. The molecule has 100 valence electrons. The summed E-state index contributed by atoms with van der Waals surface area (Å²) in [5.41, 5.74) is 12.7. The van der Waals surface area contributed by atoms with Gasteiger partial charge >= 0.3 is 0 Å². The second-order valence-corrected chi connectivity index (χ2v) is 7.06. The average molecular weight is 430 g/mol. The molecule has 0 heterocycles. The second kappa shape index (κ2) is 5.94. The minimum atomic E-state index is -0.0929. The number of benzene rings is 2. The van der Waals surface area contributed by atoms with Gasteiger partial charge in [-0.3, -0.25) is 0 Å². The fourth-order valence-corrected chi connectivity index (χ4v) is 3.60. The van der Waals surface area contributed by atoms with Crippen LogP contribution in [0.4, 0.5) is 0 Å². The summed E-state index contributed by atoms with van der Waals surface area (Å²) >= 11 is 5.93. The van der Waals surface area contributed by atoms with Gasteiger partial charge in [0.2, 0.25) is 0 Å². The SMILES string of the molecule is Cc1cc(C)c(C(N)c2cc(I)ccc2Br)c(C)c1. The van der Waals surface area contributed by atoms with Crippen molar-refractivity contribution in [1.82, 2.24) is 0 Å². The van der Waals surface area contributed by atoms with Gasteiger partial charge in [0.05, 0.1) is 6.04 Å². The Labute approximate surface area is 136 Å². The summed E-state index contributed by atoms with van der Waals surface area (Å²) in [4.78, 5) is 0. The molecule has 1 nitrogen and oxygen atoms in total. The minimum Gasteiger partial charge on any atom is -0.320 e. The summed E-state index contributed by atoms with van der Waals surface area (Å²) < 4.78 is 2.27. The monoisotopic (exact) mass is 429 g/mol. The second-order valence-electron chi connectivity index (χ2n) is 4.96. The van der Waals surface area contributed by atoms with E-state index >= 15 is 0 Å². The quantitative estimate of drug-likeness (QED) is 0.666. The van der Waals surface area contributed by atoms with Crippen molar-refractivity contribution < 1.29 is 0 Å². The Morgan fingerprint density at radius 2 is 1.63 bits per heavy atom. The van der Waals surface area contributed by atoms with Crippen LogP contribution in [-0.2, 0) is 0 Å². The van der Waals surface area contributed by atoms with Gasteiger partial charge in [-0.2, -0.15) is 0 Å². The van der Waals surface area contributed by atoms with Crippen LogP contribution in [-0.4, -0.2) is 0 Å². The Morgan fingerprint density at radius 3 is 2.21 bits per heavy atom. The van der Waals surface area contributed by atoms with E-state index < -0.39 is 0 Å². The Bertz CT molecular complexity index is 599. The van der Waals surface area contributed by atoms with Crippen molar-refractivity contribution in [2.24, 2.45) is 5.73 Å². The van der Waals surface area contributed by atoms with Gasteiger partial charge in [0, 0.05) is 8.04 Å². The predicted molar refractivity (Wildman–Crippen MR) is 93.5 cm³/mol. The maximum absolute atomic E-state index is 6.50. The number of hydrogen-bond acceptors (Lipinski definition) is 1. The summed E-state index contributed by atoms with van der Waals surface area (Å²) in [7, 11) is 0. The smallest absolute Gasteiger partial charge is 0.0568 e. The van der Waals surface area contributed by atoms with Crippen LogP contribution in [0.3, 0.4) is 0 Å². The van der Waals surface area contributed by atoms with Crippen molar-refractivity contribution in [3.05, 3.63) is 66.2 Å². The van der Waals surface area contributed by atoms with E-state index in [0.717, 1.165) is 10.0 Å². The lowest BCUT2D eigenvalue weighted by molar-refractivity contribution is 0.844. The molecule has 0 fully saturated rings. The molecule has 19 heavy (non-hydrogen) atoms. The van der Waals surface area contributed by atoms with Crippen molar-refractivity contribution in [2.75, 3.05) is 0 Å². The number of rotatable bonds is 2. The van der Waals surface area contributed by atoms with Crippen molar-refractivity contribution >= 4 is 38.5 Å². The highest BCUT2D eigenvalue weighted by molar-refractivity contribution is 14.1. The molecule has 0 aliphatic carbocycles. The lowest BCUT2D eigenvalue weighted by Gasteiger charge is -2.20. The molecule has 3 heteroatoms. The minimum absolute atomic E-state index is 0.0929. The molecular formula is C16H17BrIN. The lowest BCUT2D eigenvalue weighted by Crippen LogP contribution is -2.16. The van der Waals surface area contributed by atoms with E-state index in [0.29, 0.717) is 0 Å². The van der Waals surface area contributed by atoms with Gasteiger partial charge in [-0.25, -0.2) is 0 Å². The van der Waals surface area contributed by atoms with Crippen LogP contribution >= 0.6 is 38.5 Å². The lowest BCUT2D eigenvalue weighted by atomic mass is 9.90. The Balaban J connectivity index is 2.56. The molecule has 1 atom stereocenters. The van der Waals surface area contributed by atoms with E-state index in [-0.39, 0.29) is 6.04 Å². The van der Waals surface area contributed by atoms with Crippen molar-refractivity contribution in [3.63, 3.8) is 0 Å². The highest BCUT2D eigenvalue weighted by Crippen LogP contribution is 2.32. The number of nitrogens with two attached hydrogens (primary N) is 1. The number of aryl methyl sites for hydroxylation is 3. The first-order chi connectivity index (χ1) is 8.90. The molecule has 2 rings (SSSR count). The van der Waals surface area contributed by atoms with Crippen molar-refractivity contribution in [1.29, 1.82) is 0 Å². The Hall–Kier alpha value is -0.390. The molecule has 0 spiro atoms. The molecule has 0 radical (unpaired) electrons. The molecule has 0 aliphatic heterocycles. The van der Waals surface area contributed by atoms with E-state index in [4.69, 9.17) is 5.73 Å². The average Bonchev–Trinajstić information content (AvgIpc) is 2.30. The Kier molecular flexibility index (Phi) is 4.69. The van der Waals surface area contributed by atoms with Crippen LogP contribution in [0.15, 0.2) is 34.8 Å². The van der Waals surface area contributed by atoms with E-state index in [1.807, 2.05) is 0 Å². The molecule has 2 aromatic rings. The molecule has 0 bridgehead atoms. The van der Waals surface area contributed by atoms with Crippen LogP contribution in [0.5, 0.6) is 0 Å². The fourth-order valence-electron chi connectivity index (χ4n) is 2.59. The van der Waals surface area contributed by atoms with Gasteiger partial charge in [-0.15, -0.1) is 0 Å². The zero-order valence-corrected chi connectivity index (χ0v) is 15.0. The third-order valence-electron chi connectivity index (χ3n) is 3.34. The van der Waals surface area contributed by atoms with Crippen LogP contribution in [0.25, 0.3) is 0 Å². The molecule has 1 unspecified atom stereocenters. The molecule has 0 aliphatic rings. The normalized spacial score (nSPS) is 12.5. The largest absolute Gasteiger partial charge is 0.320 e. The Morgan fingerprint density at radius 1 is 1.05 bits per heavy atom. The zero-order valence-electron chi connectivity index (χ0n) is 11.3. The van der Waals surface area contributed by atoms with Gasteiger partial charge in [-0.05, 0) is 83.8 Å². The highest BCUT2D eigenvalue weighted by Gasteiger charge is 2.17. The summed E-state index contributed by atoms with van der Waals surface area (Å²) in [6.45, 7) is 6.39. The number of halogens is 2. The molecule has 2 aromatic carbocycles. The van der Waals surface area contributed by atoms with Gasteiger partial charge in [0.15, 0.2) is 0 Å². The van der Waals surface area contributed by atoms with Gasteiger partial charge in [0.1, 0.15) is 0 Å². The highest BCUT2D eigenvalue weighted by atomic mass is 127. The van der Waals surface area contributed by atoms with Gasteiger partial charge < -0.3 is 5.73 Å². The third kappa shape index (κ3) is 3.20. The predicted octanol–water partition coefficient (Wildman–Crippen LogP) is 5.03. The van der Waals surface area contributed by atoms with Crippen LogP contribution in [0, 0.1) is 24.3 Å². The van der Waals surface area contributed by atoms with Crippen molar-refractivity contribution in [2.45, 2.75) is 26.8 Å². The summed E-state index contributed by atoms with van der Waals surface area (Å²) in [6.07, 6.45) is 0.